The van der Waals surface area contributed by atoms with E-state index in [9.17, 15) is 26.7 Å². The van der Waals surface area contributed by atoms with Crippen molar-refractivity contribution in [3.8, 4) is 11.5 Å². The second kappa shape index (κ2) is 6.32. The van der Waals surface area contributed by atoms with Crippen LogP contribution in [-0.2, 0) is 11.0 Å². The minimum Gasteiger partial charge on any atom is -0.457 e. The molecule has 0 unspecified atom stereocenters. The van der Waals surface area contributed by atoms with Crippen LogP contribution < -0.4 is 10.1 Å². The zero-order valence-corrected chi connectivity index (χ0v) is 13.7. The Balaban J connectivity index is 1.74. The molecule has 0 aliphatic carbocycles. The highest BCUT2D eigenvalue weighted by Crippen LogP contribution is 2.45. The van der Waals surface area contributed by atoms with E-state index in [-0.39, 0.29) is 22.6 Å². The number of amides is 1. The summed E-state index contributed by atoms with van der Waals surface area (Å²) in [5, 5.41) is 2.11. The molecule has 0 bridgehead atoms. The smallest absolute Gasteiger partial charge is 0.451 e. The maximum atomic E-state index is 13.7. The fraction of sp³-hybridized carbons (Fsp3) is 0.111. The number of carbonyl (C=O) groups excluding carboxylic acids is 1. The zero-order chi connectivity index (χ0) is 20.1. The first-order valence-electron chi connectivity index (χ1n) is 7.83. The lowest BCUT2D eigenvalue weighted by atomic mass is 9.87. The van der Waals surface area contributed by atoms with Crippen molar-refractivity contribution in [2.75, 3.05) is 5.32 Å². The van der Waals surface area contributed by atoms with Gasteiger partial charge in [0.1, 0.15) is 23.1 Å². The normalized spacial score (nSPS) is 13.5. The van der Waals surface area contributed by atoms with Gasteiger partial charge in [-0.3, -0.25) is 10.1 Å². The van der Waals surface area contributed by atoms with E-state index in [1.165, 1.54) is 12.1 Å². The van der Waals surface area contributed by atoms with Crippen LogP contribution >= 0.6 is 0 Å². The van der Waals surface area contributed by atoms with Gasteiger partial charge in [-0.2, -0.15) is 13.2 Å². The van der Waals surface area contributed by atoms with Gasteiger partial charge in [-0.05, 0) is 36.4 Å². The van der Waals surface area contributed by atoms with Gasteiger partial charge >= 0.3 is 12.2 Å². The van der Waals surface area contributed by atoms with Crippen LogP contribution in [0.5, 0.6) is 11.5 Å². The van der Waals surface area contributed by atoms with E-state index in [2.05, 4.69) is 14.7 Å². The summed E-state index contributed by atoms with van der Waals surface area (Å²) in [6.45, 7) is 0. The Morgan fingerprint density at radius 3 is 2.07 bits per heavy atom. The fourth-order valence-corrected chi connectivity index (χ4v) is 2.88. The molecule has 0 radical (unpaired) electrons. The van der Waals surface area contributed by atoms with E-state index in [0.717, 1.165) is 24.3 Å². The first kappa shape index (κ1) is 18.0. The van der Waals surface area contributed by atoms with E-state index in [4.69, 9.17) is 4.74 Å². The lowest BCUT2D eigenvalue weighted by molar-refractivity contribution is -0.152. The summed E-state index contributed by atoms with van der Waals surface area (Å²) in [7, 11) is 0. The Labute approximate surface area is 153 Å². The maximum absolute atomic E-state index is 13.7. The van der Waals surface area contributed by atoms with Crippen molar-refractivity contribution in [2.45, 2.75) is 12.1 Å². The number of halogens is 5. The lowest BCUT2D eigenvalue weighted by Crippen LogP contribution is -2.25. The number of carbonyl (C=O) groups is 1. The Kier molecular flexibility index (Phi) is 4.06. The quantitative estimate of drug-likeness (QED) is 0.629. The highest BCUT2D eigenvalue weighted by Gasteiger charge is 2.37. The van der Waals surface area contributed by atoms with Gasteiger partial charge in [-0.25, -0.2) is 13.8 Å². The number of nitrogens with zero attached hydrogens (tertiary/aromatic N) is 1. The van der Waals surface area contributed by atoms with E-state index in [0.29, 0.717) is 6.20 Å². The van der Waals surface area contributed by atoms with E-state index in [1.807, 2.05) is 0 Å². The summed E-state index contributed by atoms with van der Waals surface area (Å²) in [5.74, 6) is -4.57. The molecule has 0 saturated heterocycles. The number of benzene rings is 2. The Morgan fingerprint density at radius 2 is 1.57 bits per heavy atom. The number of oxazole rings is 1. The van der Waals surface area contributed by atoms with Crippen LogP contribution in [0.25, 0.3) is 0 Å². The zero-order valence-electron chi connectivity index (χ0n) is 13.7. The van der Waals surface area contributed by atoms with Crippen LogP contribution in [0.4, 0.5) is 28.0 Å². The van der Waals surface area contributed by atoms with Crippen molar-refractivity contribution in [2.24, 2.45) is 0 Å². The first-order chi connectivity index (χ1) is 13.2. The van der Waals surface area contributed by atoms with Crippen LogP contribution in [0.15, 0.2) is 47.0 Å². The van der Waals surface area contributed by atoms with Crippen molar-refractivity contribution in [3.05, 3.63) is 71.1 Å². The van der Waals surface area contributed by atoms with Crippen molar-refractivity contribution < 1.29 is 35.9 Å². The number of hydrogen-bond acceptors (Lipinski definition) is 4. The molecule has 2 heterocycles. The van der Waals surface area contributed by atoms with Crippen molar-refractivity contribution in [3.63, 3.8) is 0 Å². The number of aromatic nitrogens is 1. The third-order valence-corrected chi connectivity index (χ3v) is 4.06. The molecule has 0 fully saturated rings. The molecule has 5 nitrogen and oxygen atoms in total. The number of fused-ring (bicyclic) bond motifs is 2. The molecule has 1 aliphatic rings. The molecule has 2 aromatic carbocycles. The van der Waals surface area contributed by atoms with Crippen LogP contribution in [-0.4, -0.2) is 10.9 Å². The highest BCUT2D eigenvalue weighted by atomic mass is 19.4. The SMILES string of the molecule is O=C(Nc1ncc(C(F)(F)F)o1)C1c2cc(F)ccc2Oc2ccc(F)cc21. The summed E-state index contributed by atoms with van der Waals surface area (Å²) in [6.07, 6.45) is -4.36. The van der Waals surface area contributed by atoms with Gasteiger partial charge in [-0.1, -0.05) is 0 Å². The van der Waals surface area contributed by atoms with Crippen LogP contribution in [0.3, 0.4) is 0 Å². The number of anilines is 1. The molecule has 1 N–H and O–H groups in total. The van der Waals surface area contributed by atoms with Crippen LogP contribution in [0.1, 0.15) is 22.8 Å². The highest BCUT2D eigenvalue weighted by molar-refractivity contribution is 5.98. The number of ether oxygens (including phenoxy) is 1. The molecular weight excluding hydrogens is 387 g/mol. The molecule has 10 heteroatoms. The van der Waals surface area contributed by atoms with Crippen molar-refractivity contribution >= 4 is 11.9 Å². The van der Waals surface area contributed by atoms with Gasteiger partial charge in [0, 0.05) is 11.1 Å². The predicted octanol–water partition coefficient (Wildman–Crippen LogP) is 4.85. The molecule has 28 heavy (non-hydrogen) atoms. The van der Waals surface area contributed by atoms with E-state index >= 15 is 0 Å². The fourth-order valence-electron chi connectivity index (χ4n) is 2.88. The van der Waals surface area contributed by atoms with Crippen LogP contribution in [0, 0.1) is 11.6 Å². The third-order valence-electron chi connectivity index (χ3n) is 4.06. The second-order valence-corrected chi connectivity index (χ2v) is 5.92. The average Bonchev–Trinajstić information content (AvgIpc) is 3.08. The third kappa shape index (κ3) is 3.17. The summed E-state index contributed by atoms with van der Waals surface area (Å²) in [5.41, 5.74) is 0.163. The van der Waals surface area contributed by atoms with E-state index < -0.39 is 41.4 Å². The van der Waals surface area contributed by atoms with Gasteiger partial charge in [0.2, 0.25) is 11.7 Å². The van der Waals surface area contributed by atoms with Gasteiger partial charge in [0.25, 0.3) is 0 Å². The molecule has 3 aromatic rings. The van der Waals surface area contributed by atoms with Gasteiger partial charge in [0.15, 0.2) is 0 Å². The number of nitrogens with one attached hydrogen (secondary N) is 1. The molecule has 1 amide bonds. The number of alkyl halides is 3. The van der Waals surface area contributed by atoms with Gasteiger partial charge in [-0.15, -0.1) is 0 Å². The lowest BCUT2D eigenvalue weighted by Gasteiger charge is -2.27. The maximum Gasteiger partial charge on any atom is 0.451 e. The summed E-state index contributed by atoms with van der Waals surface area (Å²) in [6, 6.07) is 6.19. The Hall–Kier alpha value is -3.43. The minimum atomic E-state index is -4.78. The Morgan fingerprint density at radius 1 is 1.00 bits per heavy atom. The minimum absolute atomic E-state index is 0.0817. The second-order valence-electron chi connectivity index (χ2n) is 5.92. The molecule has 0 spiro atoms. The molecule has 1 aliphatic heterocycles. The van der Waals surface area contributed by atoms with Crippen molar-refractivity contribution in [1.29, 1.82) is 0 Å². The van der Waals surface area contributed by atoms with E-state index in [1.54, 1.807) is 0 Å². The van der Waals surface area contributed by atoms with Crippen molar-refractivity contribution in [1.82, 2.24) is 4.98 Å². The number of hydrogen-bond donors (Lipinski definition) is 1. The summed E-state index contributed by atoms with van der Waals surface area (Å²) in [4.78, 5) is 16.1. The molecule has 0 saturated carbocycles. The molecule has 0 atom stereocenters. The topological polar surface area (TPSA) is 64.4 Å². The summed E-state index contributed by atoms with van der Waals surface area (Å²) >= 11 is 0. The summed E-state index contributed by atoms with van der Waals surface area (Å²) < 4.78 is 75.4. The number of rotatable bonds is 2. The van der Waals surface area contributed by atoms with Crippen LogP contribution in [0.2, 0.25) is 0 Å². The monoisotopic (exact) mass is 396 g/mol. The predicted molar refractivity (Wildman–Crippen MR) is 84.9 cm³/mol. The molecular formula is C18H9F5N2O3. The first-order valence-corrected chi connectivity index (χ1v) is 7.83. The largest absolute Gasteiger partial charge is 0.457 e. The van der Waals surface area contributed by atoms with Gasteiger partial charge in [0.05, 0.1) is 12.1 Å². The average molecular weight is 396 g/mol. The Bertz CT molecular complexity index is 1030. The standard InChI is InChI=1S/C18H9F5N2O3/c19-8-1-3-12-10(5-8)15(11-6-9(20)2-4-13(11)27-12)16(26)25-17-24-7-14(28-17)18(21,22)23/h1-7,15H,(H,24,25,26). The van der Waals surface area contributed by atoms with Gasteiger partial charge < -0.3 is 9.15 Å². The molecule has 1 aromatic heterocycles. The molecule has 4 rings (SSSR count). The molecule has 144 valence electrons.